The van der Waals surface area contributed by atoms with Gasteiger partial charge in [-0.3, -0.25) is 0 Å². The Kier molecular flexibility index (Phi) is 4.25. The first-order valence-corrected chi connectivity index (χ1v) is 9.45. The maximum atomic E-state index is 5.67. The fourth-order valence-electron chi connectivity index (χ4n) is 3.99. The van der Waals surface area contributed by atoms with Crippen LogP contribution in [0, 0.1) is 0 Å². The molecule has 2 fully saturated rings. The highest BCUT2D eigenvalue weighted by atomic mass is 16.5. The van der Waals surface area contributed by atoms with Crippen LogP contribution in [0.4, 0.5) is 17.7 Å². The molecule has 0 saturated carbocycles. The Hall–Kier alpha value is -2.52. The van der Waals surface area contributed by atoms with E-state index in [0.717, 1.165) is 74.3 Å². The van der Waals surface area contributed by atoms with Gasteiger partial charge in [0.05, 0.1) is 31.6 Å². The van der Waals surface area contributed by atoms with Crippen molar-refractivity contribution in [3.05, 3.63) is 18.0 Å². The van der Waals surface area contributed by atoms with Crippen LogP contribution >= 0.6 is 0 Å². The fraction of sp³-hybridized carbons (Fsp3) is 0.556. The summed E-state index contributed by atoms with van der Waals surface area (Å²) in [6, 6.07) is 0.384. The number of ether oxygens (including phenoxy) is 2. The minimum absolute atomic E-state index is 0.266. The van der Waals surface area contributed by atoms with Crippen molar-refractivity contribution in [1.29, 1.82) is 0 Å². The molecule has 3 aliphatic rings. The zero-order valence-corrected chi connectivity index (χ0v) is 15.2. The van der Waals surface area contributed by atoms with Gasteiger partial charge < -0.3 is 25.0 Å². The van der Waals surface area contributed by atoms with E-state index >= 15 is 0 Å². The van der Waals surface area contributed by atoms with Crippen molar-refractivity contribution < 1.29 is 9.47 Å². The third-order valence-electron chi connectivity index (χ3n) is 5.43. The SMILES string of the molecule is Nc1ncc(-c2nc(N3CCOCC3)nc3c2CCN3[C@@H]2CCOC2)cn1. The topological polar surface area (TPSA) is 103 Å². The molecular formula is C18H23N7O2. The number of fused-ring (bicyclic) bond motifs is 1. The van der Waals surface area contributed by atoms with Gasteiger partial charge in [-0.2, -0.15) is 4.98 Å². The molecule has 2 aromatic heterocycles. The summed E-state index contributed by atoms with van der Waals surface area (Å²) in [4.78, 5) is 22.8. The van der Waals surface area contributed by atoms with Crippen molar-refractivity contribution in [3.63, 3.8) is 0 Å². The van der Waals surface area contributed by atoms with E-state index in [4.69, 9.17) is 25.2 Å². The lowest BCUT2D eigenvalue weighted by molar-refractivity contribution is 0.122. The second kappa shape index (κ2) is 6.90. The normalized spacial score (nSPS) is 22.3. The van der Waals surface area contributed by atoms with Crippen LogP contribution in [0.1, 0.15) is 12.0 Å². The Balaban J connectivity index is 1.60. The Morgan fingerprint density at radius 3 is 2.56 bits per heavy atom. The van der Waals surface area contributed by atoms with Gasteiger partial charge in [-0.1, -0.05) is 0 Å². The molecule has 0 spiro atoms. The van der Waals surface area contributed by atoms with Gasteiger partial charge in [-0.15, -0.1) is 0 Å². The summed E-state index contributed by atoms with van der Waals surface area (Å²) >= 11 is 0. The zero-order valence-electron chi connectivity index (χ0n) is 15.2. The van der Waals surface area contributed by atoms with Gasteiger partial charge in [0.2, 0.25) is 11.9 Å². The van der Waals surface area contributed by atoms with Gasteiger partial charge in [0.1, 0.15) is 5.82 Å². The quantitative estimate of drug-likeness (QED) is 0.828. The van der Waals surface area contributed by atoms with Crippen LogP contribution in [0.2, 0.25) is 0 Å². The molecule has 0 aromatic carbocycles. The molecular weight excluding hydrogens is 346 g/mol. The Labute approximate surface area is 157 Å². The standard InChI is InChI=1S/C18H23N7O2/c19-17-20-9-12(10-21-17)15-14-1-3-25(13-2-6-27-11-13)16(14)23-18(22-15)24-4-7-26-8-5-24/h9-10,13H,1-8,11H2,(H2,19,20,21)/t13-/m1/s1. The summed E-state index contributed by atoms with van der Waals surface area (Å²) in [5.74, 6) is 2.03. The second-order valence-electron chi connectivity index (χ2n) is 7.06. The Morgan fingerprint density at radius 1 is 1.00 bits per heavy atom. The largest absolute Gasteiger partial charge is 0.379 e. The monoisotopic (exact) mass is 369 g/mol. The lowest BCUT2D eigenvalue weighted by Crippen LogP contribution is -2.38. The first-order valence-electron chi connectivity index (χ1n) is 9.45. The van der Waals surface area contributed by atoms with Crippen LogP contribution in [-0.4, -0.2) is 72.0 Å². The van der Waals surface area contributed by atoms with E-state index in [-0.39, 0.29) is 5.95 Å². The number of nitrogens with two attached hydrogens (primary N) is 1. The summed E-state index contributed by atoms with van der Waals surface area (Å²) in [6.07, 6.45) is 5.44. The van der Waals surface area contributed by atoms with Crippen molar-refractivity contribution in [2.24, 2.45) is 0 Å². The third kappa shape index (κ3) is 3.06. The van der Waals surface area contributed by atoms with Crippen LogP contribution in [0.5, 0.6) is 0 Å². The van der Waals surface area contributed by atoms with Crippen molar-refractivity contribution in [3.8, 4) is 11.3 Å². The van der Waals surface area contributed by atoms with Crippen molar-refractivity contribution >= 4 is 17.7 Å². The first-order chi connectivity index (χ1) is 13.3. The molecule has 9 heteroatoms. The molecule has 2 N–H and O–H groups in total. The molecule has 9 nitrogen and oxygen atoms in total. The van der Waals surface area contributed by atoms with Gasteiger partial charge in [-0.25, -0.2) is 15.0 Å². The number of hydrogen-bond acceptors (Lipinski definition) is 9. The van der Waals surface area contributed by atoms with Crippen molar-refractivity contribution in [2.75, 3.05) is 61.6 Å². The van der Waals surface area contributed by atoms with E-state index in [1.165, 1.54) is 0 Å². The summed E-state index contributed by atoms with van der Waals surface area (Å²) in [5.41, 5.74) is 8.61. The lowest BCUT2D eigenvalue weighted by Gasteiger charge is -2.29. The van der Waals surface area contributed by atoms with Gasteiger partial charge in [0.15, 0.2) is 0 Å². The minimum atomic E-state index is 0.266. The highest BCUT2D eigenvalue weighted by Crippen LogP contribution is 2.37. The van der Waals surface area contributed by atoms with E-state index in [0.29, 0.717) is 19.3 Å². The van der Waals surface area contributed by atoms with E-state index in [9.17, 15) is 0 Å². The Morgan fingerprint density at radius 2 is 1.81 bits per heavy atom. The summed E-state index contributed by atoms with van der Waals surface area (Å²) in [6.45, 7) is 5.49. The van der Waals surface area contributed by atoms with Gasteiger partial charge in [0.25, 0.3) is 0 Å². The van der Waals surface area contributed by atoms with Crippen LogP contribution in [0.3, 0.4) is 0 Å². The van der Waals surface area contributed by atoms with E-state index in [2.05, 4.69) is 19.8 Å². The second-order valence-corrected chi connectivity index (χ2v) is 7.06. The average Bonchev–Trinajstić information content (AvgIpc) is 3.38. The zero-order chi connectivity index (χ0) is 18.2. The van der Waals surface area contributed by atoms with E-state index in [1.54, 1.807) is 12.4 Å². The van der Waals surface area contributed by atoms with Gasteiger partial charge in [0, 0.05) is 49.8 Å². The summed E-state index contributed by atoms with van der Waals surface area (Å²) in [5, 5.41) is 0. The van der Waals surface area contributed by atoms with Crippen molar-refractivity contribution in [1.82, 2.24) is 19.9 Å². The highest BCUT2D eigenvalue weighted by molar-refractivity contribution is 5.72. The van der Waals surface area contributed by atoms with Crippen LogP contribution < -0.4 is 15.5 Å². The molecule has 1 atom stereocenters. The van der Waals surface area contributed by atoms with Gasteiger partial charge in [-0.05, 0) is 12.8 Å². The third-order valence-corrected chi connectivity index (χ3v) is 5.43. The summed E-state index contributed by atoms with van der Waals surface area (Å²) in [7, 11) is 0. The molecule has 2 aromatic rings. The predicted octanol–water partition coefficient (Wildman–Crippen LogP) is 0.504. The molecule has 0 bridgehead atoms. The first kappa shape index (κ1) is 16.6. The molecule has 142 valence electrons. The van der Waals surface area contributed by atoms with Crippen molar-refractivity contribution in [2.45, 2.75) is 18.9 Å². The van der Waals surface area contributed by atoms with Crippen LogP contribution in [-0.2, 0) is 15.9 Å². The number of morpholine rings is 1. The van der Waals surface area contributed by atoms with Gasteiger partial charge >= 0.3 is 0 Å². The molecule has 0 aliphatic carbocycles. The molecule has 5 rings (SSSR count). The van der Waals surface area contributed by atoms with Crippen LogP contribution in [0.15, 0.2) is 12.4 Å². The molecule has 5 heterocycles. The summed E-state index contributed by atoms with van der Waals surface area (Å²) < 4.78 is 11.1. The number of aromatic nitrogens is 4. The number of hydrogen-bond donors (Lipinski definition) is 1. The lowest BCUT2D eigenvalue weighted by atomic mass is 10.1. The number of rotatable bonds is 3. The fourth-order valence-corrected chi connectivity index (χ4v) is 3.99. The maximum Gasteiger partial charge on any atom is 0.228 e. The van der Waals surface area contributed by atoms with Crippen LogP contribution in [0.25, 0.3) is 11.3 Å². The number of anilines is 3. The molecule has 0 unspecified atom stereocenters. The van der Waals surface area contributed by atoms with E-state index < -0.39 is 0 Å². The smallest absolute Gasteiger partial charge is 0.228 e. The highest BCUT2D eigenvalue weighted by Gasteiger charge is 2.33. The van der Waals surface area contributed by atoms with E-state index in [1.807, 2.05) is 0 Å². The molecule has 2 saturated heterocycles. The molecule has 3 aliphatic heterocycles. The molecule has 0 radical (unpaired) electrons. The predicted molar refractivity (Wildman–Crippen MR) is 101 cm³/mol. The Bertz CT molecular complexity index is 817. The number of nitrogen functional groups attached to an aromatic ring is 1. The minimum Gasteiger partial charge on any atom is -0.379 e. The molecule has 27 heavy (non-hydrogen) atoms. The average molecular weight is 369 g/mol. The number of nitrogens with zero attached hydrogens (tertiary/aromatic N) is 6. The molecule has 0 amide bonds. The maximum absolute atomic E-state index is 5.67.